The Morgan fingerprint density at radius 2 is 1.79 bits per heavy atom. The summed E-state index contributed by atoms with van der Waals surface area (Å²) in [6.45, 7) is 6.04. The molecule has 2 aromatic rings. The van der Waals surface area contributed by atoms with Gasteiger partial charge in [-0.15, -0.1) is 0 Å². The standard InChI is InChI=1S/C15H19N3O/c1-9-7-14(19-4)10(2)6-13(9)18-15-11(3)5-12(16)8-17-15/h5-8H,16H2,1-4H3,(H,17,18). The van der Waals surface area contributed by atoms with Crippen LogP contribution >= 0.6 is 0 Å². The van der Waals surface area contributed by atoms with Crippen LogP contribution in [0.5, 0.6) is 5.75 Å². The van der Waals surface area contributed by atoms with Crippen LogP contribution < -0.4 is 15.8 Å². The van der Waals surface area contributed by atoms with Crippen molar-refractivity contribution in [3.05, 3.63) is 41.1 Å². The molecule has 0 saturated heterocycles. The maximum absolute atomic E-state index is 5.71. The van der Waals surface area contributed by atoms with Gasteiger partial charge < -0.3 is 15.8 Å². The molecule has 1 aromatic carbocycles. The van der Waals surface area contributed by atoms with Crippen molar-refractivity contribution in [2.24, 2.45) is 0 Å². The van der Waals surface area contributed by atoms with Gasteiger partial charge in [-0.25, -0.2) is 4.98 Å². The summed E-state index contributed by atoms with van der Waals surface area (Å²) in [5, 5.41) is 3.34. The Morgan fingerprint density at radius 3 is 2.42 bits per heavy atom. The third-order valence-electron chi connectivity index (χ3n) is 3.09. The number of nitrogens with two attached hydrogens (primary N) is 1. The normalized spacial score (nSPS) is 10.3. The van der Waals surface area contributed by atoms with Gasteiger partial charge in [-0.2, -0.15) is 0 Å². The molecule has 0 fully saturated rings. The maximum Gasteiger partial charge on any atom is 0.133 e. The molecular weight excluding hydrogens is 238 g/mol. The lowest BCUT2D eigenvalue weighted by atomic mass is 10.1. The largest absolute Gasteiger partial charge is 0.496 e. The average Bonchev–Trinajstić information content (AvgIpc) is 2.36. The molecule has 100 valence electrons. The molecule has 0 aliphatic heterocycles. The van der Waals surface area contributed by atoms with Crippen molar-refractivity contribution >= 4 is 17.2 Å². The molecule has 0 unspecified atom stereocenters. The number of aromatic nitrogens is 1. The van der Waals surface area contributed by atoms with Crippen LogP contribution in [0.1, 0.15) is 16.7 Å². The van der Waals surface area contributed by atoms with E-state index in [1.54, 1.807) is 13.3 Å². The van der Waals surface area contributed by atoms with E-state index in [4.69, 9.17) is 10.5 Å². The third-order valence-corrected chi connectivity index (χ3v) is 3.09. The molecule has 0 saturated carbocycles. The molecule has 3 N–H and O–H groups in total. The number of nitrogen functional groups attached to an aromatic ring is 1. The second-order valence-corrected chi connectivity index (χ2v) is 4.70. The van der Waals surface area contributed by atoms with E-state index in [0.29, 0.717) is 5.69 Å². The number of benzene rings is 1. The Bertz CT molecular complexity index is 609. The lowest BCUT2D eigenvalue weighted by Gasteiger charge is -2.14. The number of hydrogen-bond acceptors (Lipinski definition) is 4. The van der Waals surface area contributed by atoms with E-state index < -0.39 is 0 Å². The number of methoxy groups -OCH3 is 1. The Balaban J connectivity index is 2.35. The Hall–Kier alpha value is -2.23. The molecule has 0 radical (unpaired) electrons. The number of rotatable bonds is 3. The third kappa shape index (κ3) is 2.78. The van der Waals surface area contributed by atoms with Crippen molar-refractivity contribution in [1.82, 2.24) is 4.98 Å². The van der Waals surface area contributed by atoms with Crippen LogP contribution in [0.3, 0.4) is 0 Å². The number of pyridine rings is 1. The van der Waals surface area contributed by atoms with Crippen molar-refractivity contribution in [3.8, 4) is 5.75 Å². The first-order valence-electron chi connectivity index (χ1n) is 6.15. The van der Waals surface area contributed by atoms with Crippen molar-refractivity contribution in [1.29, 1.82) is 0 Å². The SMILES string of the molecule is COc1cc(C)c(Nc2ncc(N)cc2C)cc1C. The van der Waals surface area contributed by atoms with E-state index in [2.05, 4.69) is 16.4 Å². The molecule has 0 spiro atoms. The number of nitrogens with zero attached hydrogens (tertiary/aromatic N) is 1. The molecule has 0 bridgehead atoms. The van der Waals surface area contributed by atoms with Crippen molar-refractivity contribution in [3.63, 3.8) is 0 Å². The second kappa shape index (κ2) is 5.18. The molecule has 4 nitrogen and oxygen atoms in total. The van der Waals surface area contributed by atoms with Crippen LogP contribution in [0.25, 0.3) is 0 Å². The first-order chi connectivity index (χ1) is 9.01. The monoisotopic (exact) mass is 257 g/mol. The summed E-state index contributed by atoms with van der Waals surface area (Å²) in [6.07, 6.45) is 1.65. The number of aryl methyl sites for hydroxylation is 3. The van der Waals surface area contributed by atoms with Gasteiger partial charge in [0.1, 0.15) is 11.6 Å². The fourth-order valence-corrected chi connectivity index (χ4v) is 2.00. The predicted octanol–water partition coefficient (Wildman–Crippen LogP) is 3.34. The summed E-state index contributed by atoms with van der Waals surface area (Å²) in [7, 11) is 1.68. The maximum atomic E-state index is 5.71. The van der Waals surface area contributed by atoms with E-state index in [0.717, 1.165) is 33.9 Å². The number of hydrogen-bond donors (Lipinski definition) is 2. The molecule has 1 aromatic heterocycles. The highest BCUT2D eigenvalue weighted by molar-refractivity contribution is 5.66. The lowest BCUT2D eigenvalue weighted by molar-refractivity contribution is 0.411. The molecule has 0 aliphatic rings. The highest BCUT2D eigenvalue weighted by atomic mass is 16.5. The number of nitrogens with one attached hydrogen (secondary N) is 1. The van der Waals surface area contributed by atoms with Gasteiger partial charge in [0.05, 0.1) is 19.0 Å². The van der Waals surface area contributed by atoms with E-state index in [1.165, 1.54) is 0 Å². The van der Waals surface area contributed by atoms with Gasteiger partial charge in [0.25, 0.3) is 0 Å². The van der Waals surface area contributed by atoms with Crippen LogP contribution in [-0.4, -0.2) is 12.1 Å². The summed E-state index contributed by atoms with van der Waals surface area (Å²) in [5.74, 6) is 1.71. The van der Waals surface area contributed by atoms with Crippen molar-refractivity contribution in [2.75, 3.05) is 18.2 Å². The quantitative estimate of drug-likeness (QED) is 0.885. The highest BCUT2D eigenvalue weighted by Crippen LogP contribution is 2.28. The van der Waals surface area contributed by atoms with E-state index in [9.17, 15) is 0 Å². The highest BCUT2D eigenvalue weighted by Gasteiger charge is 2.07. The fourth-order valence-electron chi connectivity index (χ4n) is 2.00. The van der Waals surface area contributed by atoms with Gasteiger partial charge in [0.15, 0.2) is 0 Å². The number of ether oxygens (including phenoxy) is 1. The van der Waals surface area contributed by atoms with E-state index >= 15 is 0 Å². The molecule has 0 atom stereocenters. The van der Waals surface area contributed by atoms with Gasteiger partial charge in [-0.1, -0.05) is 0 Å². The van der Waals surface area contributed by atoms with Crippen LogP contribution in [0.4, 0.5) is 17.2 Å². The zero-order valence-corrected chi connectivity index (χ0v) is 11.7. The van der Waals surface area contributed by atoms with Gasteiger partial charge >= 0.3 is 0 Å². The zero-order valence-electron chi connectivity index (χ0n) is 11.7. The van der Waals surface area contributed by atoms with E-state index in [1.807, 2.05) is 32.9 Å². The summed E-state index contributed by atoms with van der Waals surface area (Å²) in [6, 6.07) is 5.98. The van der Waals surface area contributed by atoms with Crippen molar-refractivity contribution in [2.45, 2.75) is 20.8 Å². The summed E-state index contributed by atoms with van der Waals surface area (Å²) < 4.78 is 5.31. The van der Waals surface area contributed by atoms with Gasteiger partial charge in [-0.05, 0) is 55.7 Å². The molecule has 0 aliphatic carbocycles. The Morgan fingerprint density at radius 1 is 1.05 bits per heavy atom. The van der Waals surface area contributed by atoms with Crippen molar-refractivity contribution < 1.29 is 4.74 Å². The van der Waals surface area contributed by atoms with Gasteiger partial charge in [0.2, 0.25) is 0 Å². The Kier molecular flexibility index (Phi) is 3.60. The first-order valence-corrected chi connectivity index (χ1v) is 6.15. The van der Waals surface area contributed by atoms with Gasteiger partial charge in [0, 0.05) is 5.69 Å². The minimum Gasteiger partial charge on any atom is -0.496 e. The number of anilines is 3. The smallest absolute Gasteiger partial charge is 0.133 e. The second-order valence-electron chi connectivity index (χ2n) is 4.70. The molecule has 2 rings (SSSR count). The molecule has 19 heavy (non-hydrogen) atoms. The van der Waals surface area contributed by atoms with Crippen LogP contribution in [0, 0.1) is 20.8 Å². The van der Waals surface area contributed by atoms with Crippen LogP contribution in [0.2, 0.25) is 0 Å². The van der Waals surface area contributed by atoms with Crippen LogP contribution in [-0.2, 0) is 0 Å². The lowest BCUT2D eigenvalue weighted by Crippen LogP contribution is -2.00. The summed E-state index contributed by atoms with van der Waals surface area (Å²) in [5.41, 5.74) is 10.6. The minimum absolute atomic E-state index is 0.672. The fraction of sp³-hybridized carbons (Fsp3) is 0.267. The average molecular weight is 257 g/mol. The molecule has 4 heteroatoms. The summed E-state index contributed by atoms with van der Waals surface area (Å²) >= 11 is 0. The molecule has 1 heterocycles. The van der Waals surface area contributed by atoms with Gasteiger partial charge in [-0.3, -0.25) is 0 Å². The summed E-state index contributed by atoms with van der Waals surface area (Å²) in [4.78, 5) is 4.32. The molecule has 0 amide bonds. The Labute approximate surface area is 113 Å². The van der Waals surface area contributed by atoms with Crippen LogP contribution in [0.15, 0.2) is 24.4 Å². The predicted molar refractivity (Wildman–Crippen MR) is 79.1 cm³/mol. The first kappa shape index (κ1) is 13.2. The topological polar surface area (TPSA) is 60.2 Å². The minimum atomic E-state index is 0.672. The molecular formula is C15H19N3O. The van der Waals surface area contributed by atoms with E-state index in [-0.39, 0.29) is 0 Å². The zero-order chi connectivity index (χ0) is 14.0.